The summed E-state index contributed by atoms with van der Waals surface area (Å²) in [4.78, 5) is 0. The zero-order valence-corrected chi connectivity index (χ0v) is 13.2. The smallest absolute Gasteiger partial charge is 0.165 e. The van der Waals surface area contributed by atoms with Gasteiger partial charge in [0.25, 0.3) is 0 Å². The molecule has 0 bridgehead atoms. The minimum absolute atomic E-state index is 0.329. The molecule has 2 rings (SSSR count). The van der Waals surface area contributed by atoms with Crippen molar-refractivity contribution in [1.29, 1.82) is 0 Å². The molecule has 1 aromatic rings. The second-order valence-electron chi connectivity index (χ2n) is 5.60. The van der Waals surface area contributed by atoms with Gasteiger partial charge < -0.3 is 19.5 Å². The minimum Gasteiger partial charge on any atom is -0.490 e. The van der Waals surface area contributed by atoms with E-state index < -0.39 is 0 Å². The highest BCUT2D eigenvalue weighted by Gasteiger charge is 2.13. The Labute approximate surface area is 127 Å². The van der Waals surface area contributed by atoms with Crippen LogP contribution in [0, 0.1) is 0 Å². The SMILES string of the molecule is CC(C)OCCCCNCc1cccc2c1OCCCO2. The van der Waals surface area contributed by atoms with Crippen molar-refractivity contribution >= 4 is 0 Å². The van der Waals surface area contributed by atoms with Gasteiger partial charge in [0.2, 0.25) is 0 Å². The Bertz CT molecular complexity index is 420. The molecule has 1 aliphatic heterocycles. The predicted octanol–water partition coefficient (Wildman–Crippen LogP) is 3.14. The summed E-state index contributed by atoms with van der Waals surface area (Å²) in [5, 5.41) is 3.47. The molecule has 4 nitrogen and oxygen atoms in total. The maximum atomic E-state index is 5.82. The molecule has 1 N–H and O–H groups in total. The van der Waals surface area contributed by atoms with Crippen LogP contribution >= 0.6 is 0 Å². The fraction of sp³-hybridized carbons (Fsp3) is 0.647. The number of ether oxygens (including phenoxy) is 3. The third-order valence-corrected chi connectivity index (χ3v) is 3.37. The van der Waals surface area contributed by atoms with Crippen molar-refractivity contribution in [3.8, 4) is 11.5 Å². The largest absolute Gasteiger partial charge is 0.490 e. The van der Waals surface area contributed by atoms with Crippen molar-refractivity contribution in [3.05, 3.63) is 23.8 Å². The molecule has 0 atom stereocenters. The normalized spacial score (nSPS) is 14.2. The maximum absolute atomic E-state index is 5.82. The maximum Gasteiger partial charge on any atom is 0.165 e. The average Bonchev–Trinajstić information content (AvgIpc) is 2.71. The fourth-order valence-electron chi connectivity index (χ4n) is 2.29. The minimum atomic E-state index is 0.329. The van der Waals surface area contributed by atoms with Crippen LogP contribution in [0.3, 0.4) is 0 Å². The monoisotopic (exact) mass is 293 g/mol. The van der Waals surface area contributed by atoms with Crippen molar-refractivity contribution in [3.63, 3.8) is 0 Å². The van der Waals surface area contributed by atoms with Crippen LogP contribution < -0.4 is 14.8 Å². The summed E-state index contributed by atoms with van der Waals surface area (Å²) in [6.07, 6.45) is 3.49. The molecule has 0 saturated heterocycles. The van der Waals surface area contributed by atoms with Crippen molar-refractivity contribution in [2.75, 3.05) is 26.4 Å². The Morgan fingerprint density at radius 2 is 2.05 bits per heavy atom. The number of rotatable bonds is 8. The molecular weight excluding hydrogens is 266 g/mol. The summed E-state index contributed by atoms with van der Waals surface area (Å²) in [5.41, 5.74) is 1.17. The van der Waals surface area contributed by atoms with Crippen LogP contribution in [-0.4, -0.2) is 32.5 Å². The standard InChI is InChI=1S/C17H27NO3/c1-14(2)19-10-4-3-9-18-13-15-7-5-8-16-17(15)21-12-6-11-20-16/h5,7-8,14,18H,3-4,6,9-13H2,1-2H3. The lowest BCUT2D eigenvalue weighted by Crippen LogP contribution is -2.16. The molecule has 0 aliphatic carbocycles. The number of unbranched alkanes of at least 4 members (excludes halogenated alkanes) is 1. The first-order chi connectivity index (χ1) is 10.3. The van der Waals surface area contributed by atoms with Gasteiger partial charge in [-0.3, -0.25) is 0 Å². The number of benzene rings is 1. The number of hydrogen-bond acceptors (Lipinski definition) is 4. The van der Waals surface area contributed by atoms with E-state index in [4.69, 9.17) is 14.2 Å². The van der Waals surface area contributed by atoms with Crippen molar-refractivity contribution in [1.82, 2.24) is 5.32 Å². The Morgan fingerprint density at radius 3 is 2.90 bits per heavy atom. The molecule has 0 amide bonds. The van der Waals surface area contributed by atoms with E-state index in [-0.39, 0.29) is 0 Å². The molecular formula is C17H27NO3. The molecule has 0 saturated carbocycles. The van der Waals surface area contributed by atoms with Crippen LogP contribution in [0.25, 0.3) is 0 Å². The molecule has 0 aromatic heterocycles. The van der Waals surface area contributed by atoms with Crippen LogP contribution in [0.1, 0.15) is 38.7 Å². The van der Waals surface area contributed by atoms with Gasteiger partial charge in [0.05, 0.1) is 19.3 Å². The van der Waals surface area contributed by atoms with E-state index in [1.165, 1.54) is 5.56 Å². The Hall–Kier alpha value is -1.26. The van der Waals surface area contributed by atoms with Crippen molar-refractivity contribution in [2.45, 2.75) is 45.8 Å². The average molecular weight is 293 g/mol. The third kappa shape index (κ3) is 5.56. The lowest BCUT2D eigenvalue weighted by atomic mass is 10.2. The summed E-state index contributed by atoms with van der Waals surface area (Å²) in [5.74, 6) is 1.78. The molecule has 1 heterocycles. The van der Waals surface area contributed by atoms with Gasteiger partial charge in [-0.1, -0.05) is 12.1 Å². The van der Waals surface area contributed by atoms with Crippen molar-refractivity contribution in [2.24, 2.45) is 0 Å². The molecule has 4 heteroatoms. The van der Waals surface area contributed by atoms with Crippen LogP contribution in [0.5, 0.6) is 11.5 Å². The van der Waals surface area contributed by atoms with Gasteiger partial charge in [0.15, 0.2) is 11.5 Å². The predicted molar refractivity (Wildman–Crippen MR) is 84.1 cm³/mol. The van der Waals surface area contributed by atoms with E-state index in [0.717, 1.165) is 63.7 Å². The number of fused-ring (bicyclic) bond motifs is 1. The zero-order chi connectivity index (χ0) is 14.9. The molecule has 0 radical (unpaired) electrons. The van der Waals surface area contributed by atoms with Crippen LogP contribution in [0.2, 0.25) is 0 Å². The molecule has 21 heavy (non-hydrogen) atoms. The molecule has 0 fully saturated rings. The Balaban J connectivity index is 1.71. The molecule has 1 aromatic carbocycles. The lowest BCUT2D eigenvalue weighted by Gasteiger charge is -2.13. The Morgan fingerprint density at radius 1 is 1.19 bits per heavy atom. The summed E-state index contributed by atoms with van der Waals surface area (Å²) < 4.78 is 17.0. The van der Waals surface area contributed by atoms with E-state index in [2.05, 4.69) is 25.2 Å². The first kappa shape index (κ1) is 16.1. The van der Waals surface area contributed by atoms with Crippen molar-refractivity contribution < 1.29 is 14.2 Å². The highest BCUT2D eigenvalue weighted by atomic mass is 16.5. The van der Waals surface area contributed by atoms with Gasteiger partial charge in [0.1, 0.15) is 0 Å². The fourth-order valence-corrected chi connectivity index (χ4v) is 2.29. The van der Waals surface area contributed by atoms with Crippen LogP contribution in [0.15, 0.2) is 18.2 Å². The van der Waals surface area contributed by atoms with Gasteiger partial charge in [0, 0.05) is 25.1 Å². The lowest BCUT2D eigenvalue weighted by molar-refractivity contribution is 0.0760. The van der Waals surface area contributed by atoms with Gasteiger partial charge >= 0.3 is 0 Å². The number of hydrogen-bond donors (Lipinski definition) is 1. The highest BCUT2D eigenvalue weighted by Crippen LogP contribution is 2.33. The molecule has 1 aliphatic rings. The number of para-hydroxylation sites is 1. The van der Waals surface area contributed by atoms with Crippen LogP contribution in [-0.2, 0) is 11.3 Å². The van der Waals surface area contributed by atoms with Gasteiger partial charge in [-0.2, -0.15) is 0 Å². The summed E-state index contributed by atoms with van der Waals surface area (Å²) in [6.45, 7) is 8.26. The van der Waals surface area contributed by atoms with E-state index in [1.54, 1.807) is 0 Å². The molecule has 118 valence electrons. The summed E-state index contributed by atoms with van der Waals surface area (Å²) >= 11 is 0. The van der Waals surface area contributed by atoms with Crippen LogP contribution in [0.4, 0.5) is 0 Å². The second kappa shape index (κ2) is 8.90. The number of nitrogens with one attached hydrogen (secondary N) is 1. The molecule has 0 unspecified atom stereocenters. The van der Waals surface area contributed by atoms with Gasteiger partial charge in [-0.15, -0.1) is 0 Å². The first-order valence-corrected chi connectivity index (χ1v) is 7.97. The second-order valence-corrected chi connectivity index (χ2v) is 5.60. The highest BCUT2D eigenvalue weighted by molar-refractivity contribution is 5.46. The van der Waals surface area contributed by atoms with E-state index in [0.29, 0.717) is 6.10 Å². The topological polar surface area (TPSA) is 39.7 Å². The van der Waals surface area contributed by atoms with Gasteiger partial charge in [-0.25, -0.2) is 0 Å². The first-order valence-electron chi connectivity index (χ1n) is 7.97. The Kier molecular flexibility index (Phi) is 6.83. The zero-order valence-electron chi connectivity index (χ0n) is 13.2. The third-order valence-electron chi connectivity index (χ3n) is 3.37. The molecule has 0 spiro atoms. The summed E-state index contributed by atoms with van der Waals surface area (Å²) in [6, 6.07) is 6.11. The quantitative estimate of drug-likeness (QED) is 0.747. The van der Waals surface area contributed by atoms with E-state index in [1.807, 2.05) is 12.1 Å². The van der Waals surface area contributed by atoms with E-state index in [9.17, 15) is 0 Å². The van der Waals surface area contributed by atoms with E-state index >= 15 is 0 Å². The summed E-state index contributed by atoms with van der Waals surface area (Å²) in [7, 11) is 0. The van der Waals surface area contributed by atoms with Gasteiger partial charge in [-0.05, 0) is 39.3 Å².